The van der Waals surface area contributed by atoms with Gasteiger partial charge in [0.1, 0.15) is 13.2 Å². The summed E-state index contributed by atoms with van der Waals surface area (Å²) >= 11 is 0. The van der Waals surface area contributed by atoms with E-state index >= 15 is 0 Å². The molecule has 80 heavy (non-hydrogen) atoms. The zero-order valence-electron chi connectivity index (χ0n) is 53.6. The molecule has 0 saturated heterocycles. The van der Waals surface area contributed by atoms with Gasteiger partial charge in [-0.2, -0.15) is 0 Å². The molecule has 0 bridgehead atoms. The van der Waals surface area contributed by atoms with Crippen molar-refractivity contribution in [3.63, 3.8) is 0 Å². The maximum Gasteiger partial charge on any atom is 0.306 e. The molecule has 0 aromatic carbocycles. The first-order chi connectivity index (χ1) is 39.5. The fourth-order valence-electron chi connectivity index (χ4n) is 10.4. The highest BCUT2D eigenvalue weighted by Crippen LogP contribution is 2.17. The Morgan fingerprint density at radius 3 is 0.713 bits per heavy atom. The Balaban J connectivity index is 4.28. The van der Waals surface area contributed by atoms with E-state index in [2.05, 4.69) is 81.5 Å². The molecule has 0 spiro atoms. The molecule has 0 aliphatic carbocycles. The first kappa shape index (κ1) is 77.1. The number of rotatable bonds is 65. The SMILES string of the molecule is CCCCCCC/C=C\C/C=C\C/C=C\CCCCCCCCC(=O)OC(COC(=O)CCCCCCC/C=C\CCCCCCC)COC(=O)CCCCCCCCCCCCCCCCC/C=C\CCCCCCCCCC. The molecule has 1 unspecified atom stereocenters. The van der Waals surface area contributed by atoms with Crippen LogP contribution in [0.5, 0.6) is 0 Å². The number of allylic oxidation sites excluding steroid dienone is 10. The summed E-state index contributed by atoms with van der Waals surface area (Å²) in [6, 6.07) is 0. The van der Waals surface area contributed by atoms with E-state index in [-0.39, 0.29) is 31.1 Å². The number of unbranched alkanes of at least 4 members (excludes halogenated alkanes) is 44. The van der Waals surface area contributed by atoms with Crippen LogP contribution in [0, 0.1) is 0 Å². The molecule has 0 saturated carbocycles. The lowest BCUT2D eigenvalue weighted by Crippen LogP contribution is -2.30. The first-order valence-electron chi connectivity index (χ1n) is 35.3. The number of esters is 3. The van der Waals surface area contributed by atoms with Crippen molar-refractivity contribution in [3.05, 3.63) is 60.8 Å². The van der Waals surface area contributed by atoms with Crippen molar-refractivity contribution in [3.8, 4) is 0 Å². The zero-order valence-corrected chi connectivity index (χ0v) is 53.6. The van der Waals surface area contributed by atoms with Gasteiger partial charge in [-0.25, -0.2) is 0 Å². The van der Waals surface area contributed by atoms with E-state index in [1.807, 2.05) is 0 Å². The van der Waals surface area contributed by atoms with Crippen LogP contribution in [-0.2, 0) is 28.6 Å². The van der Waals surface area contributed by atoms with Gasteiger partial charge in [0.15, 0.2) is 6.10 Å². The molecule has 1 atom stereocenters. The van der Waals surface area contributed by atoms with E-state index in [4.69, 9.17) is 14.2 Å². The molecule has 0 N–H and O–H groups in total. The van der Waals surface area contributed by atoms with Crippen molar-refractivity contribution in [1.29, 1.82) is 0 Å². The fraction of sp³-hybridized carbons (Fsp3) is 0.824. The van der Waals surface area contributed by atoms with Crippen molar-refractivity contribution in [2.45, 2.75) is 380 Å². The normalized spacial score (nSPS) is 12.4. The summed E-state index contributed by atoms with van der Waals surface area (Å²) in [6.45, 7) is 6.66. The van der Waals surface area contributed by atoms with E-state index in [1.165, 1.54) is 244 Å². The second-order valence-electron chi connectivity index (χ2n) is 23.8. The minimum absolute atomic E-state index is 0.0795. The standard InChI is InChI=1S/C74H134O6/c1-4-7-10-13-16-19-22-25-28-30-32-34-35-36-37-38-39-41-42-44-46-49-52-55-58-61-64-67-73(76)79-70-71(69-78-72(75)66-63-60-57-54-51-48-27-24-21-18-15-12-9-6-3)80-74(77)68-65-62-59-56-53-50-47-45-43-40-33-31-29-26-23-20-17-14-11-8-5-2/h23-24,26-27,30-33,43,45,71H,4-22,25,28-29,34-42,44,46-70H2,1-3H3/b26-23-,27-24-,32-30-,33-31-,45-43-. The molecular formula is C74H134O6. The first-order valence-corrected chi connectivity index (χ1v) is 35.3. The Labute approximate surface area is 498 Å². The number of carbonyl (C=O) groups is 3. The van der Waals surface area contributed by atoms with Crippen molar-refractivity contribution in [2.24, 2.45) is 0 Å². The van der Waals surface area contributed by atoms with Crippen molar-refractivity contribution in [1.82, 2.24) is 0 Å². The minimum Gasteiger partial charge on any atom is -0.462 e. The summed E-state index contributed by atoms with van der Waals surface area (Å²) in [5.41, 5.74) is 0. The maximum atomic E-state index is 12.9. The molecule has 0 aromatic heterocycles. The van der Waals surface area contributed by atoms with Gasteiger partial charge in [-0.1, -0.05) is 306 Å². The molecule has 0 radical (unpaired) electrons. The quantitative estimate of drug-likeness (QED) is 0.0261. The molecule has 6 nitrogen and oxygen atoms in total. The average Bonchev–Trinajstić information content (AvgIpc) is 3.46. The Hall–Kier alpha value is -2.89. The summed E-state index contributed by atoms with van der Waals surface area (Å²) in [7, 11) is 0. The van der Waals surface area contributed by atoms with Crippen LogP contribution in [0.25, 0.3) is 0 Å². The monoisotopic (exact) mass is 1120 g/mol. The van der Waals surface area contributed by atoms with Gasteiger partial charge in [0.25, 0.3) is 0 Å². The molecular weight excluding hydrogens is 985 g/mol. The molecule has 6 heteroatoms. The molecule has 0 aliphatic rings. The molecule has 0 fully saturated rings. The van der Waals surface area contributed by atoms with Gasteiger partial charge in [0, 0.05) is 19.3 Å². The average molecular weight is 1120 g/mol. The summed E-state index contributed by atoms with van der Waals surface area (Å²) in [4.78, 5) is 38.4. The Morgan fingerprint density at radius 2 is 0.450 bits per heavy atom. The number of hydrogen-bond acceptors (Lipinski definition) is 6. The predicted molar refractivity (Wildman–Crippen MR) is 348 cm³/mol. The van der Waals surface area contributed by atoms with Crippen molar-refractivity contribution in [2.75, 3.05) is 13.2 Å². The summed E-state index contributed by atoms with van der Waals surface area (Å²) in [5, 5.41) is 0. The second kappa shape index (κ2) is 68.6. The Morgan fingerprint density at radius 1 is 0.250 bits per heavy atom. The van der Waals surface area contributed by atoms with Gasteiger partial charge in [0.2, 0.25) is 0 Å². The highest BCUT2D eigenvalue weighted by Gasteiger charge is 2.19. The fourth-order valence-corrected chi connectivity index (χ4v) is 10.4. The summed E-state index contributed by atoms with van der Waals surface area (Å²) in [6.07, 6.45) is 88.2. The molecule has 466 valence electrons. The van der Waals surface area contributed by atoms with Gasteiger partial charge < -0.3 is 14.2 Å². The van der Waals surface area contributed by atoms with Crippen LogP contribution in [0.3, 0.4) is 0 Å². The van der Waals surface area contributed by atoms with Crippen molar-refractivity contribution < 1.29 is 28.6 Å². The molecule has 0 heterocycles. The predicted octanol–water partition coefficient (Wildman–Crippen LogP) is 24.3. The van der Waals surface area contributed by atoms with Crippen LogP contribution in [0.15, 0.2) is 60.8 Å². The van der Waals surface area contributed by atoms with Gasteiger partial charge >= 0.3 is 17.9 Å². The van der Waals surface area contributed by atoms with E-state index in [1.54, 1.807) is 0 Å². The zero-order chi connectivity index (χ0) is 57.8. The minimum atomic E-state index is -0.785. The molecule has 0 aromatic rings. The molecule has 0 aliphatic heterocycles. The van der Waals surface area contributed by atoms with E-state index < -0.39 is 6.10 Å². The third kappa shape index (κ3) is 65.9. The third-order valence-electron chi connectivity index (χ3n) is 15.7. The van der Waals surface area contributed by atoms with Crippen LogP contribution >= 0.6 is 0 Å². The third-order valence-corrected chi connectivity index (χ3v) is 15.7. The largest absolute Gasteiger partial charge is 0.462 e. The second-order valence-corrected chi connectivity index (χ2v) is 23.8. The van der Waals surface area contributed by atoms with Crippen LogP contribution in [0.2, 0.25) is 0 Å². The number of hydrogen-bond donors (Lipinski definition) is 0. The Kier molecular flexibility index (Phi) is 66.1. The van der Waals surface area contributed by atoms with E-state index in [0.29, 0.717) is 19.3 Å². The van der Waals surface area contributed by atoms with Gasteiger partial charge in [-0.15, -0.1) is 0 Å². The lowest BCUT2D eigenvalue weighted by Gasteiger charge is -2.18. The number of ether oxygens (including phenoxy) is 3. The van der Waals surface area contributed by atoms with Crippen LogP contribution in [-0.4, -0.2) is 37.2 Å². The summed E-state index contributed by atoms with van der Waals surface area (Å²) in [5.74, 6) is -0.880. The maximum absolute atomic E-state index is 12.9. The van der Waals surface area contributed by atoms with E-state index in [0.717, 1.165) is 89.9 Å². The molecule has 0 amide bonds. The van der Waals surface area contributed by atoms with E-state index in [9.17, 15) is 14.4 Å². The van der Waals surface area contributed by atoms with Gasteiger partial charge in [-0.05, 0) is 109 Å². The lowest BCUT2D eigenvalue weighted by molar-refractivity contribution is -0.167. The van der Waals surface area contributed by atoms with Gasteiger partial charge in [0.05, 0.1) is 0 Å². The van der Waals surface area contributed by atoms with Crippen LogP contribution < -0.4 is 0 Å². The highest BCUT2D eigenvalue weighted by atomic mass is 16.6. The van der Waals surface area contributed by atoms with Crippen molar-refractivity contribution >= 4 is 17.9 Å². The smallest absolute Gasteiger partial charge is 0.306 e. The molecule has 0 rings (SSSR count). The Bertz CT molecular complexity index is 1430. The number of carbonyl (C=O) groups excluding carboxylic acids is 3. The summed E-state index contributed by atoms with van der Waals surface area (Å²) < 4.78 is 17.0. The van der Waals surface area contributed by atoms with Gasteiger partial charge in [-0.3, -0.25) is 14.4 Å². The van der Waals surface area contributed by atoms with Crippen LogP contribution in [0.1, 0.15) is 374 Å². The highest BCUT2D eigenvalue weighted by molar-refractivity contribution is 5.71. The van der Waals surface area contributed by atoms with Crippen LogP contribution in [0.4, 0.5) is 0 Å². The lowest BCUT2D eigenvalue weighted by atomic mass is 10.0. The topological polar surface area (TPSA) is 78.9 Å².